The Morgan fingerprint density at radius 3 is 1.51 bits per heavy atom. The van der Waals surface area contributed by atoms with Crippen molar-refractivity contribution in [3.05, 3.63) is 120 Å². The monoisotopic (exact) mass is 487 g/mol. The zero-order chi connectivity index (χ0) is 25.1. The van der Waals surface area contributed by atoms with Crippen LogP contribution in [0, 0.1) is 5.41 Å². The lowest BCUT2D eigenvalue weighted by molar-refractivity contribution is 0.272. The number of aromatic nitrogens is 3. The molecule has 35 heavy (non-hydrogen) atoms. The van der Waals surface area contributed by atoms with Crippen molar-refractivity contribution in [3.63, 3.8) is 0 Å². The maximum Gasteiger partial charge on any atom is 0.169 e. The van der Waals surface area contributed by atoms with Crippen molar-refractivity contribution < 1.29 is 8.42 Å². The molecular formula is C29H33N3O2S. The van der Waals surface area contributed by atoms with Gasteiger partial charge in [0, 0.05) is 6.26 Å². The van der Waals surface area contributed by atoms with E-state index < -0.39 is 26.0 Å². The molecule has 4 rings (SSSR count). The van der Waals surface area contributed by atoms with Crippen molar-refractivity contribution >= 4 is 9.84 Å². The molecule has 182 valence electrons. The van der Waals surface area contributed by atoms with Crippen molar-refractivity contribution in [1.29, 1.82) is 0 Å². The van der Waals surface area contributed by atoms with Crippen LogP contribution in [0.15, 0.2) is 97.3 Å². The zero-order valence-electron chi connectivity index (χ0n) is 20.8. The number of hydrogen-bond acceptors (Lipinski definition) is 4. The van der Waals surface area contributed by atoms with Crippen molar-refractivity contribution in [2.24, 2.45) is 5.41 Å². The van der Waals surface area contributed by atoms with Crippen LogP contribution in [0.2, 0.25) is 0 Å². The third kappa shape index (κ3) is 4.43. The van der Waals surface area contributed by atoms with E-state index in [0.717, 1.165) is 16.7 Å². The van der Waals surface area contributed by atoms with Gasteiger partial charge in [0.25, 0.3) is 0 Å². The van der Waals surface area contributed by atoms with Gasteiger partial charge in [-0.25, -0.2) is 18.1 Å². The van der Waals surface area contributed by atoms with Crippen LogP contribution < -0.4 is 0 Å². The summed E-state index contributed by atoms with van der Waals surface area (Å²) in [5, 5.41) is 4.17. The summed E-state index contributed by atoms with van der Waals surface area (Å²) in [6.07, 6.45) is 4.39. The van der Waals surface area contributed by atoms with Crippen LogP contribution >= 0.6 is 0 Å². The van der Waals surface area contributed by atoms with Crippen molar-refractivity contribution in [2.75, 3.05) is 6.26 Å². The standard InChI is InChI=1S/C29H33N3O2S/c1-5-28(3,6-2)26(35(4,33)34)27-30-22-32(31-27)29(23-16-10-7-11-17-23,24-18-12-8-13-19-24)25-20-14-9-15-21-25/h7-22,26H,5-6H2,1-4H3. The molecule has 0 radical (unpaired) electrons. The Hall–Kier alpha value is -3.25. The molecule has 0 aliphatic rings. The van der Waals surface area contributed by atoms with Crippen LogP contribution in [-0.2, 0) is 15.4 Å². The minimum atomic E-state index is -3.46. The largest absolute Gasteiger partial charge is 0.233 e. The first-order valence-corrected chi connectivity index (χ1v) is 14.0. The Kier molecular flexibility index (Phi) is 6.95. The summed E-state index contributed by atoms with van der Waals surface area (Å²) in [6.45, 7) is 6.07. The van der Waals surface area contributed by atoms with E-state index in [2.05, 4.69) is 41.4 Å². The third-order valence-corrected chi connectivity index (χ3v) is 8.98. The second kappa shape index (κ2) is 9.78. The molecule has 1 heterocycles. The number of rotatable bonds is 9. The Bertz CT molecular complexity index is 1250. The number of nitrogens with zero attached hydrogens (tertiary/aromatic N) is 3. The summed E-state index contributed by atoms with van der Waals surface area (Å²) < 4.78 is 28.0. The first kappa shape index (κ1) is 24.9. The molecule has 1 atom stereocenters. The number of sulfone groups is 1. The fraction of sp³-hybridized carbons (Fsp3) is 0.310. The van der Waals surface area contributed by atoms with Crippen LogP contribution in [0.1, 0.15) is 61.4 Å². The van der Waals surface area contributed by atoms with Gasteiger partial charge in [0.1, 0.15) is 17.1 Å². The predicted molar refractivity (Wildman–Crippen MR) is 141 cm³/mol. The number of benzene rings is 3. The highest BCUT2D eigenvalue weighted by molar-refractivity contribution is 7.91. The first-order valence-electron chi connectivity index (χ1n) is 12.0. The van der Waals surface area contributed by atoms with E-state index in [9.17, 15) is 8.42 Å². The Labute approximate surface area is 208 Å². The van der Waals surface area contributed by atoms with Crippen molar-refractivity contribution in [2.45, 2.75) is 44.4 Å². The van der Waals surface area contributed by atoms with E-state index in [1.165, 1.54) is 6.26 Å². The van der Waals surface area contributed by atoms with E-state index in [1.807, 2.05) is 80.1 Å². The maximum absolute atomic E-state index is 13.1. The fourth-order valence-corrected chi connectivity index (χ4v) is 6.99. The van der Waals surface area contributed by atoms with Gasteiger partial charge in [-0.1, -0.05) is 112 Å². The van der Waals surface area contributed by atoms with E-state index in [-0.39, 0.29) is 0 Å². The van der Waals surface area contributed by atoms with Crippen LogP contribution in [0.4, 0.5) is 0 Å². The normalized spacial score (nSPS) is 13.5. The van der Waals surface area contributed by atoms with Crippen LogP contribution in [0.5, 0.6) is 0 Å². The summed E-state index contributed by atoms with van der Waals surface area (Å²) in [5.41, 5.74) is 1.73. The van der Waals surface area contributed by atoms with Gasteiger partial charge in [-0.05, 0) is 34.9 Å². The Balaban J connectivity index is 2.05. The average molecular weight is 488 g/mol. The second-order valence-corrected chi connectivity index (χ2v) is 11.6. The van der Waals surface area contributed by atoms with E-state index in [4.69, 9.17) is 5.10 Å². The molecule has 0 amide bonds. The van der Waals surface area contributed by atoms with Gasteiger partial charge in [-0.3, -0.25) is 0 Å². The van der Waals surface area contributed by atoms with E-state index in [0.29, 0.717) is 18.7 Å². The summed E-state index contributed by atoms with van der Waals surface area (Å²) in [6, 6.07) is 30.5. The lowest BCUT2D eigenvalue weighted by atomic mass is 9.77. The topological polar surface area (TPSA) is 64.8 Å². The van der Waals surface area contributed by atoms with Crippen LogP contribution in [-0.4, -0.2) is 29.4 Å². The molecule has 0 saturated carbocycles. The summed E-state index contributed by atoms with van der Waals surface area (Å²) in [5.74, 6) is 0.339. The van der Waals surface area contributed by atoms with Crippen LogP contribution in [0.25, 0.3) is 0 Å². The fourth-order valence-electron chi connectivity index (χ4n) is 5.13. The first-order chi connectivity index (χ1) is 16.8. The second-order valence-electron chi connectivity index (χ2n) is 9.43. The molecule has 0 aliphatic carbocycles. The molecule has 1 aromatic heterocycles. The summed E-state index contributed by atoms with van der Waals surface area (Å²) in [7, 11) is -3.46. The highest BCUT2D eigenvalue weighted by Crippen LogP contribution is 2.45. The molecule has 0 bridgehead atoms. The summed E-state index contributed by atoms with van der Waals surface area (Å²) >= 11 is 0. The smallest absolute Gasteiger partial charge is 0.169 e. The lowest BCUT2D eigenvalue weighted by Gasteiger charge is -2.36. The number of hydrogen-bond donors (Lipinski definition) is 0. The quantitative estimate of drug-likeness (QED) is 0.270. The van der Waals surface area contributed by atoms with Gasteiger partial charge in [0.2, 0.25) is 0 Å². The molecule has 0 aliphatic heterocycles. The SMILES string of the molecule is CCC(C)(CC)C(c1ncn(C(c2ccccc2)(c2ccccc2)c2ccccc2)n1)S(C)(=O)=O. The molecule has 0 fully saturated rings. The average Bonchev–Trinajstić information content (AvgIpc) is 3.35. The van der Waals surface area contributed by atoms with Gasteiger partial charge in [-0.15, -0.1) is 0 Å². The molecule has 0 spiro atoms. The molecular weight excluding hydrogens is 454 g/mol. The van der Waals surface area contributed by atoms with Crippen molar-refractivity contribution in [1.82, 2.24) is 14.8 Å². The molecule has 1 unspecified atom stereocenters. The van der Waals surface area contributed by atoms with E-state index in [1.54, 1.807) is 6.33 Å². The van der Waals surface area contributed by atoms with Crippen LogP contribution in [0.3, 0.4) is 0 Å². The van der Waals surface area contributed by atoms with Gasteiger partial charge in [-0.2, -0.15) is 5.10 Å². The van der Waals surface area contributed by atoms with E-state index >= 15 is 0 Å². The molecule has 6 heteroatoms. The summed E-state index contributed by atoms with van der Waals surface area (Å²) in [4.78, 5) is 4.66. The highest BCUT2D eigenvalue weighted by atomic mass is 32.2. The maximum atomic E-state index is 13.1. The van der Waals surface area contributed by atoms with Gasteiger partial charge >= 0.3 is 0 Å². The van der Waals surface area contributed by atoms with Gasteiger partial charge in [0.15, 0.2) is 15.7 Å². The minimum Gasteiger partial charge on any atom is -0.233 e. The third-order valence-electron chi connectivity index (χ3n) is 7.34. The minimum absolute atomic E-state index is 0.339. The van der Waals surface area contributed by atoms with Crippen molar-refractivity contribution in [3.8, 4) is 0 Å². The Morgan fingerprint density at radius 1 is 0.771 bits per heavy atom. The molecule has 5 nitrogen and oxygen atoms in total. The molecule has 4 aromatic rings. The molecule has 0 N–H and O–H groups in total. The lowest BCUT2D eigenvalue weighted by Crippen LogP contribution is -2.38. The highest BCUT2D eigenvalue weighted by Gasteiger charge is 2.44. The Morgan fingerprint density at radius 2 is 1.17 bits per heavy atom. The molecule has 3 aromatic carbocycles. The predicted octanol–water partition coefficient (Wildman–Crippen LogP) is 6.03. The van der Waals surface area contributed by atoms with Gasteiger partial charge < -0.3 is 0 Å². The molecule has 0 saturated heterocycles. The van der Waals surface area contributed by atoms with Gasteiger partial charge in [0.05, 0.1) is 0 Å². The zero-order valence-corrected chi connectivity index (χ0v) is 21.6.